The molecule has 4 aromatic rings. The summed E-state index contributed by atoms with van der Waals surface area (Å²) in [7, 11) is 0. The molecule has 0 heterocycles. The standard InChI is InChI=1S/C23H19N/c1-17-11-13-22(16-23(17)19-8-3-2-4-9-19)24-21-14-12-18-7-5-6-10-20(18)15-21/h2-16,24H,1H3. The van der Waals surface area contributed by atoms with E-state index in [2.05, 4.69) is 103 Å². The van der Waals surface area contributed by atoms with Gasteiger partial charge in [0, 0.05) is 11.4 Å². The van der Waals surface area contributed by atoms with Crippen LogP contribution in [0.4, 0.5) is 11.4 Å². The molecule has 0 radical (unpaired) electrons. The van der Waals surface area contributed by atoms with Crippen LogP contribution in [0.15, 0.2) is 91.0 Å². The summed E-state index contributed by atoms with van der Waals surface area (Å²) in [5.41, 5.74) is 6.01. The lowest BCUT2D eigenvalue weighted by molar-refractivity contribution is 1.44. The van der Waals surface area contributed by atoms with Gasteiger partial charge in [-0.25, -0.2) is 0 Å². The molecule has 1 N–H and O–H groups in total. The van der Waals surface area contributed by atoms with E-state index >= 15 is 0 Å². The van der Waals surface area contributed by atoms with Gasteiger partial charge in [-0.2, -0.15) is 0 Å². The van der Waals surface area contributed by atoms with E-state index in [1.54, 1.807) is 0 Å². The van der Waals surface area contributed by atoms with Crippen LogP contribution in [0.3, 0.4) is 0 Å². The van der Waals surface area contributed by atoms with E-state index in [1.165, 1.54) is 27.5 Å². The molecular formula is C23H19N. The van der Waals surface area contributed by atoms with Gasteiger partial charge in [0.25, 0.3) is 0 Å². The Bertz CT molecular complexity index is 987. The third-order valence-electron chi connectivity index (χ3n) is 4.36. The van der Waals surface area contributed by atoms with E-state index in [1.807, 2.05) is 0 Å². The van der Waals surface area contributed by atoms with Crippen LogP contribution >= 0.6 is 0 Å². The predicted octanol–water partition coefficient (Wildman–Crippen LogP) is 6.56. The van der Waals surface area contributed by atoms with Crippen molar-refractivity contribution < 1.29 is 0 Å². The average molecular weight is 309 g/mol. The summed E-state index contributed by atoms with van der Waals surface area (Å²) < 4.78 is 0. The first-order chi connectivity index (χ1) is 11.8. The molecule has 0 aliphatic rings. The Hall–Kier alpha value is -3.06. The summed E-state index contributed by atoms with van der Waals surface area (Å²) in [6.07, 6.45) is 0. The number of benzene rings is 4. The molecule has 0 fully saturated rings. The number of nitrogens with one attached hydrogen (secondary N) is 1. The molecule has 1 nitrogen and oxygen atoms in total. The first-order valence-corrected chi connectivity index (χ1v) is 8.21. The normalized spacial score (nSPS) is 10.7. The van der Waals surface area contributed by atoms with Gasteiger partial charge >= 0.3 is 0 Å². The average Bonchev–Trinajstić information content (AvgIpc) is 2.64. The molecule has 116 valence electrons. The highest BCUT2D eigenvalue weighted by Gasteiger charge is 2.04. The Morgan fingerprint density at radius 1 is 0.583 bits per heavy atom. The Morgan fingerprint density at radius 2 is 1.25 bits per heavy atom. The molecule has 0 aliphatic carbocycles. The van der Waals surface area contributed by atoms with Gasteiger partial charge < -0.3 is 5.32 Å². The summed E-state index contributed by atoms with van der Waals surface area (Å²) in [6.45, 7) is 2.15. The van der Waals surface area contributed by atoms with Gasteiger partial charge in [0.1, 0.15) is 0 Å². The van der Waals surface area contributed by atoms with Gasteiger partial charge in [0.05, 0.1) is 0 Å². The van der Waals surface area contributed by atoms with Crippen molar-refractivity contribution in [1.82, 2.24) is 0 Å². The molecule has 0 unspecified atom stereocenters. The quantitative estimate of drug-likeness (QED) is 0.452. The topological polar surface area (TPSA) is 12.0 Å². The van der Waals surface area contributed by atoms with Gasteiger partial charge in [0.15, 0.2) is 0 Å². The second kappa shape index (κ2) is 6.21. The van der Waals surface area contributed by atoms with E-state index in [-0.39, 0.29) is 0 Å². The summed E-state index contributed by atoms with van der Waals surface area (Å²) in [5.74, 6) is 0. The Balaban J connectivity index is 1.69. The molecule has 4 rings (SSSR count). The number of anilines is 2. The van der Waals surface area contributed by atoms with Gasteiger partial charge in [0.2, 0.25) is 0 Å². The summed E-state index contributed by atoms with van der Waals surface area (Å²) in [5, 5.41) is 6.04. The lowest BCUT2D eigenvalue weighted by Gasteiger charge is -2.12. The van der Waals surface area contributed by atoms with Crippen molar-refractivity contribution in [3.63, 3.8) is 0 Å². The van der Waals surface area contributed by atoms with Crippen LogP contribution in [0.2, 0.25) is 0 Å². The second-order valence-corrected chi connectivity index (χ2v) is 6.08. The van der Waals surface area contributed by atoms with E-state index in [4.69, 9.17) is 0 Å². The zero-order valence-corrected chi connectivity index (χ0v) is 13.7. The zero-order chi connectivity index (χ0) is 16.4. The molecule has 0 saturated carbocycles. The van der Waals surface area contributed by atoms with Crippen LogP contribution < -0.4 is 5.32 Å². The van der Waals surface area contributed by atoms with Crippen molar-refractivity contribution in [2.75, 3.05) is 5.32 Å². The number of aryl methyl sites for hydroxylation is 1. The molecule has 0 aliphatic heterocycles. The molecule has 0 amide bonds. The third kappa shape index (κ3) is 2.89. The molecule has 24 heavy (non-hydrogen) atoms. The van der Waals surface area contributed by atoms with Crippen LogP contribution in [0, 0.1) is 6.92 Å². The van der Waals surface area contributed by atoms with Gasteiger partial charge in [-0.05, 0) is 58.7 Å². The number of fused-ring (bicyclic) bond motifs is 1. The van der Waals surface area contributed by atoms with Gasteiger partial charge in [-0.1, -0.05) is 66.7 Å². The maximum atomic E-state index is 3.53. The summed E-state index contributed by atoms with van der Waals surface area (Å²) in [6, 6.07) is 32.0. The van der Waals surface area contributed by atoms with Crippen LogP contribution in [-0.2, 0) is 0 Å². The molecular weight excluding hydrogens is 290 g/mol. The number of hydrogen-bond donors (Lipinski definition) is 1. The van der Waals surface area contributed by atoms with Crippen molar-refractivity contribution in [2.45, 2.75) is 6.92 Å². The maximum absolute atomic E-state index is 3.53. The highest BCUT2D eigenvalue weighted by atomic mass is 14.9. The van der Waals surface area contributed by atoms with Crippen LogP contribution in [-0.4, -0.2) is 0 Å². The molecule has 0 spiro atoms. The molecule has 1 heteroatoms. The minimum Gasteiger partial charge on any atom is -0.355 e. The van der Waals surface area contributed by atoms with E-state index in [9.17, 15) is 0 Å². The van der Waals surface area contributed by atoms with Crippen molar-refractivity contribution in [1.29, 1.82) is 0 Å². The molecule has 4 aromatic carbocycles. The largest absolute Gasteiger partial charge is 0.355 e. The summed E-state index contributed by atoms with van der Waals surface area (Å²) in [4.78, 5) is 0. The molecule has 0 bridgehead atoms. The predicted molar refractivity (Wildman–Crippen MR) is 104 cm³/mol. The Morgan fingerprint density at radius 3 is 2.08 bits per heavy atom. The zero-order valence-electron chi connectivity index (χ0n) is 13.7. The minimum atomic E-state index is 1.11. The lowest BCUT2D eigenvalue weighted by Crippen LogP contribution is -1.92. The number of hydrogen-bond acceptors (Lipinski definition) is 1. The Kier molecular flexibility index (Phi) is 3.76. The van der Waals surface area contributed by atoms with Crippen LogP contribution in [0.1, 0.15) is 5.56 Å². The fourth-order valence-electron chi connectivity index (χ4n) is 3.06. The fourth-order valence-corrected chi connectivity index (χ4v) is 3.06. The van der Waals surface area contributed by atoms with Crippen LogP contribution in [0.5, 0.6) is 0 Å². The molecule has 0 aromatic heterocycles. The molecule has 0 saturated heterocycles. The SMILES string of the molecule is Cc1ccc(Nc2ccc3ccccc3c2)cc1-c1ccccc1. The van der Waals surface area contributed by atoms with Gasteiger partial charge in [-0.15, -0.1) is 0 Å². The van der Waals surface area contributed by atoms with E-state index in [0.717, 1.165) is 11.4 Å². The first kappa shape index (κ1) is 14.5. The summed E-state index contributed by atoms with van der Waals surface area (Å²) >= 11 is 0. The highest BCUT2D eigenvalue weighted by molar-refractivity contribution is 5.86. The highest BCUT2D eigenvalue weighted by Crippen LogP contribution is 2.29. The van der Waals surface area contributed by atoms with Crippen molar-refractivity contribution in [2.24, 2.45) is 0 Å². The second-order valence-electron chi connectivity index (χ2n) is 6.08. The van der Waals surface area contributed by atoms with Crippen molar-refractivity contribution in [3.8, 4) is 11.1 Å². The number of rotatable bonds is 3. The van der Waals surface area contributed by atoms with Gasteiger partial charge in [-0.3, -0.25) is 0 Å². The smallest absolute Gasteiger partial charge is 0.0390 e. The Labute approximate surface area is 142 Å². The maximum Gasteiger partial charge on any atom is 0.0390 e. The first-order valence-electron chi connectivity index (χ1n) is 8.21. The van der Waals surface area contributed by atoms with Crippen molar-refractivity contribution >= 4 is 22.1 Å². The molecule has 0 atom stereocenters. The van der Waals surface area contributed by atoms with Crippen molar-refractivity contribution in [3.05, 3.63) is 96.6 Å². The van der Waals surface area contributed by atoms with Crippen LogP contribution in [0.25, 0.3) is 21.9 Å². The van der Waals surface area contributed by atoms with E-state index in [0.29, 0.717) is 0 Å². The monoisotopic (exact) mass is 309 g/mol. The minimum absolute atomic E-state index is 1.11. The lowest BCUT2D eigenvalue weighted by atomic mass is 10.00. The third-order valence-corrected chi connectivity index (χ3v) is 4.36. The van der Waals surface area contributed by atoms with E-state index < -0.39 is 0 Å². The fraction of sp³-hybridized carbons (Fsp3) is 0.0435.